The van der Waals surface area contributed by atoms with Gasteiger partial charge in [-0.25, -0.2) is 0 Å². The van der Waals surface area contributed by atoms with E-state index in [0.717, 1.165) is 0 Å². The van der Waals surface area contributed by atoms with Gasteiger partial charge in [-0.2, -0.15) is 0 Å². The first-order valence-corrected chi connectivity index (χ1v) is 4.92. The minimum absolute atomic E-state index is 0.149. The first-order chi connectivity index (χ1) is 6.23. The Bertz CT molecular complexity index is 261. The smallest absolute Gasteiger partial charge is 0.0101 e. The van der Waals surface area contributed by atoms with Crippen molar-refractivity contribution < 1.29 is 0 Å². The van der Waals surface area contributed by atoms with Crippen LogP contribution in [0.25, 0.3) is 0 Å². The fourth-order valence-electron chi connectivity index (χ4n) is 1.70. The van der Waals surface area contributed by atoms with Crippen molar-refractivity contribution in [2.24, 2.45) is 0 Å². The van der Waals surface area contributed by atoms with Crippen LogP contribution in [0, 0.1) is 0 Å². The summed E-state index contributed by atoms with van der Waals surface area (Å²) in [5, 5.41) is 0. The molecular formula is C13H18. The first kappa shape index (κ1) is 10.0. The Kier molecular flexibility index (Phi) is 3.30. The highest BCUT2D eigenvalue weighted by atomic mass is 14.2. The van der Waals surface area contributed by atoms with E-state index in [1.807, 2.05) is 0 Å². The van der Waals surface area contributed by atoms with Crippen LogP contribution in [-0.4, -0.2) is 0 Å². The minimum Gasteiger partial charge on any atom is -0.102 e. The molecule has 0 aliphatic heterocycles. The maximum Gasteiger partial charge on any atom is 0.0101 e. The van der Waals surface area contributed by atoms with Crippen molar-refractivity contribution in [1.82, 2.24) is 0 Å². The zero-order valence-electron chi connectivity index (χ0n) is 8.59. The summed E-state index contributed by atoms with van der Waals surface area (Å²) in [6, 6.07) is 10.6. The summed E-state index contributed by atoms with van der Waals surface area (Å²) in [6.07, 6.45) is 4.42. The van der Waals surface area contributed by atoms with Crippen molar-refractivity contribution in [3.8, 4) is 0 Å². The lowest BCUT2D eigenvalue weighted by atomic mass is 9.79. The number of benzene rings is 1. The van der Waals surface area contributed by atoms with Crippen molar-refractivity contribution in [2.45, 2.75) is 32.1 Å². The van der Waals surface area contributed by atoms with Crippen LogP contribution in [0.4, 0.5) is 0 Å². The predicted octanol–water partition coefficient (Wildman–Crippen LogP) is 3.93. The topological polar surface area (TPSA) is 0 Å². The van der Waals surface area contributed by atoms with Gasteiger partial charge in [0.25, 0.3) is 0 Å². The maximum atomic E-state index is 3.93. The molecule has 70 valence electrons. The van der Waals surface area contributed by atoms with Crippen LogP contribution in [0.15, 0.2) is 43.0 Å². The summed E-state index contributed by atoms with van der Waals surface area (Å²) >= 11 is 0. The van der Waals surface area contributed by atoms with E-state index in [1.165, 1.54) is 18.4 Å². The molecule has 1 atom stereocenters. The Morgan fingerprint density at radius 3 is 2.38 bits per heavy atom. The summed E-state index contributed by atoms with van der Waals surface area (Å²) in [4.78, 5) is 0. The largest absolute Gasteiger partial charge is 0.102 e. The first-order valence-electron chi connectivity index (χ1n) is 4.92. The van der Waals surface area contributed by atoms with Crippen molar-refractivity contribution >= 4 is 0 Å². The number of hydrogen-bond donors (Lipinski definition) is 0. The molecule has 0 N–H and O–H groups in total. The minimum atomic E-state index is 0.149. The van der Waals surface area contributed by atoms with E-state index in [0.29, 0.717) is 0 Å². The van der Waals surface area contributed by atoms with E-state index in [2.05, 4.69) is 56.8 Å². The molecule has 0 unspecified atom stereocenters. The molecule has 0 heteroatoms. The lowest BCUT2D eigenvalue weighted by Crippen LogP contribution is -2.17. The highest BCUT2D eigenvalue weighted by Gasteiger charge is 2.20. The lowest BCUT2D eigenvalue weighted by molar-refractivity contribution is 0.532. The van der Waals surface area contributed by atoms with Crippen molar-refractivity contribution in [3.63, 3.8) is 0 Å². The molecule has 0 aliphatic carbocycles. The summed E-state index contributed by atoms with van der Waals surface area (Å²) in [6.45, 7) is 8.39. The molecule has 1 aromatic rings. The molecule has 0 aliphatic rings. The molecule has 0 heterocycles. The molecule has 0 saturated carbocycles. The van der Waals surface area contributed by atoms with E-state index >= 15 is 0 Å². The van der Waals surface area contributed by atoms with Crippen LogP contribution >= 0.6 is 0 Å². The van der Waals surface area contributed by atoms with E-state index in [4.69, 9.17) is 0 Å². The molecular weight excluding hydrogens is 156 g/mol. The van der Waals surface area contributed by atoms with Gasteiger partial charge in [0, 0.05) is 5.41 Å². The van der Waals surface area contributed by atoms with Gasteiger partial charge in [0.1, 0.15) is 0 Å². The number of hydrogen-bond acceptors (Lipinski definition) is 0. The number of allylic oxidation sites excluding steroid dienone is 1. The fourth-order valence-corrected chi connectivity index (χ4v) is 1.70. The molecule has 0 bridgehead atoms. The third kappa shape index (κ3) is 2.21. The molecule has 0 nitrogen and oxygen atoms in total. The third-order valence-electron chi connectivity index (χ3n) is 2.65. The van der Waals surface area contributed by atoms with Crippen LogP contribution in [-0.2, 0) is 5.41 Å². The summed E-state index contributed by atoms with van der Waals surface area (Å²) in [5.74, 6) is 0. The normalized spacial score (nSPS) is 14.9. The zero-order valence-corrected chi connectivity index (χ0v) is 8.59. The average Bonchev–Trinajstić information content (AvgIpc) is 2.19. The summed E-state index contributed by atoms with van der Waals surface area (Å²) in [7, 11) is 0. The third-order valence-corrected chi connectivity index (χ3v) is 2.65. The zero-order chi connectivity index (χ0) is 9.73. The monoisotopic (exact) mass is 174 g/mol. The second-order valence-electron chi connectivity index (χ2n) is 3.74. The van der Waals surface area contributed by atoms with Crippen molar-refractivity contribution in [3.05, 3.63) is 48.6 Å². The Balaban J connectivity index is 2.95. The molecule has 1 aromatic carbocycles. The van der Waals surface area contributed by atoms with Crippen LogP contribution in [0.1, 0.15) is 32.3 Å². The van der Waals surface area contributed by atoms with Gasteiger partial charge in [0.2, 0.25) is 0 Å². The second-order valence-corrected chi connectivity index (χ2v) is 3.74. The van der Waals surface area contributed by atoms with E-state index < -0.39 is 0 Å². The van der Waals surface area contributed by atoms with Gasteiger partial charge in [-0.05, 0) is 12.0 Å². The molecule has 0 aromatic heterocycles. The molecule has 0 fully saturated rings. The Morgan fingerprint density at radius 1 is 1.31 bits per heavy atom. The van der Waals surface area contributed by atoms with Crippen LogP contribution < -0.4 is 0 Å². The van der Waals surface area contributed by atoms with Gasteiger partial charge in [-0.3, -0.25) is 0 Å². The molecule has 13 heavy (non-hydrogen) atoms. The Morgan fingerprint density at radius 2 is 1.92 bits per heavy atom. The van der Waals surface area contributed by atoms with Gasteiger partial charge in [-0.1, -0.05) is 56.7 Å². The van der Waals surface area contributed by atoms with Gasteiger partial charge in [-0.15, -0.1) is 6.58 Å². The quantitative estimate of drug-likeness (QED) is 0.607. The van der Waals surface area contributed by atoms with Gasteiger partial charge in [0.15, 0.2) is 0 Å². The molecule has 1 rings (SSSR count). The molecule has 0 radical (unpaired) electrons. The Labute approximate surface area is 81.3 Å². The molecule has 0 amide bonds. The lowest BCUT2D eigenvalue weighted by Gasteiger charge is -2.25. The standard InChI is InChI=1S/C13H18/c1-4-11-13(3,5-2)12-9-7-6-8-10-12/h5-10H,2,4,11H2,1,3H3/t13-/m0/s1. The highest BCUT2D eigenvalue weighted by Crippen LogP contribution is 2.29. The predicted molar refractivity (Wildman–Crippen MR) is 58.9 cm³/mol. The van der Waals surface area contributed by atoms with Gasteiger partial charge >= 0.3 is 0 Å². The van der Waals surface area contributed by atoms with Crippen molar-refractivity contribution in [2.75, 3.05) is 0 Å². The van der Waals surface area contributed by atoms with E-state index in [9.17, 15) is 0 Å². The van der Waals surface area contributed by atoms with Gasteiger partial charge < -0.3 is 0 Å². The summed E-state index contributed by atoms with van der Waals surface area (Å²) < 4.78 is 0. The summed E-state index contributed by atoms with van der Waals surface area (Å²) in [5.41, 5.74) is 1.52. The van der Waals surface area contributed by atoms with Gasteiger partial charge in [0.05, 0.1) is 0 Å². The van der Waals surface area contributed by atoms with Crippen LogP contribution in [0.3, 0.4) is 0 Å². The maximum absolute atomic E-state index is 3.93. The Hall–Kier alpha value is -1.04. The van der Waals surface area contributed by atoms with E-state index in [1.54, 1.807) is 0 Å². The van der Waals surface area contributed by atoms with Crippen molar-refractivity contribution in [1.29, 1.82) is 0 Å². The fraction of sp³-hybridized carbons (Fsp3) is 0.385. The average molecular weight is 174 g/mol. The molecule has 0 spiro atoms. The second kappa shape index (κ2) is 4.27. The van der Waals surface area contributed by atoms with Crippen LogP contribution in [0.2, 0.25) is 0 Å². The van der Waals surface area contributed by atoms with Crippen LogP contribution in [0.5, 0.6) is 0 Å². The SMILES string of the molecule is C=C[C@@](C)(CCC)c1ccccc1. The molecule has 0 saturated heterocycles. The number of rotatable bonds is 4. The highest BCUT2D eigenvalue weighted by molar-refractivity contribution is 5.28. The van der Waals surface area contributed by atoms with E-state index in [-0.39, 0.29) is 5.41 Å².